The van der Waals surface area contributed by atoms with Gasteiger partial charge in [-0.3, -0.25) is 9.48 Å². The number of benzene rings is 1. The van der Waals surface area contributed by atoms with Crippen molar-refractivity contribution in [3.8, 4) is 0 Å². The molecule has 1 aromatic carbocycles. The van der Waals surface area contributed by atoms with Gasteiger partial charge in [-0.25, -0.2) is 17.5 Å². The van der Waals surface area contributed by atoms with E-state index in [0.29, 0.717) is 31.1 Å². The molecule has 1 unspecified atom stereocenters. The maximum absolute atomic E-state index is 13.2. The molecule has 10 heteroatoms. The van der Waals surface area contributed by atoms with Crippen LogP contribution < -0.4 is 4.72 Å². The van der Waals surface area contributed by atoms with Crippen molar-refractivity contribution in [2.75, 3.05) is 25.9 Å². The molecule has 1 aliphatic rings. The molecule has 7 nitrogen and oxygen atoms in total. The molecule has 1 aliphatic heterocycles. The lowest BCUT2D eigenvalue weighted by atomic mass is 9.98. The van der Waals surface area contributed by atoms with Crippen LogP contribution in [-0.2, 0) is 16.6 Å². The fourth-order valence-corrected chi connectivity index (χ4v) is 5.60. The minimum atomic E-state index is -3.24. The van der Waals surface area contributed by atoms with Gasteiger partial charge in [-0.2, -0.15) is 5.10 Å². The molecule has 0 spiro atoms. The number of nitrogens with zero attached hydrogens (tertiary/aromatic N) is 3. The van der Waals surface area contributed by atoms with E-state index in [2.05, 4.69) is 9.82 Å². The van der Waals surface area contributed by atoms with Crippen LogP contribution in [0.1, 0.15) is 33.8 Å². The minimum absolute atomic E-state index is 0.0296. The van der Waals surface area contributed by atoms with Gasteiger partial charge in [-0.15, -0.1) is 11.3 Å². The molecule has 1 fully saturated rings. The fraction of sp³-hybridized carbons (Fsp3) is 0.429. The Morgan fingerprint density at radius 1 is 1.32 bits per heavy atom. The zero-order valence-electron chi connectivity index (χ0n) is 17.5. The number of sulfonamides is 1. The van der Waals surface area contributed by atoms with E-state index in [9.17, 15) is 17.6 Å². The van der Waals surface area contributed by atoms with Crippen molar-refractivity contribution in [3.05, 3.63) is 52.3 Å². The van der Waals surface area contributed by atoms with Crippen LogP contribution in [0.5, 0.6) is 0 Å². The summed E-state index contributed by atoms with van der Waals surface area (Å²) in [7, 11) is -3.24. The number of amides is 1. The van der Waals surface area contributed by atoms with E-state index in [0.717, 1.165) is 40.6 Å². The van der Waals surface area contributed by atoms with Gasteiger partial charge in [0.2, 0.25) is 10.0 Å². The second-order valence-electron chi connectivity index (χ2n) is 8.08. The van der Waals surface area contributed by atoms with Gasteiger partial charge in [0.15, 0.2) is 0 Å². The number of carbonyl (C=O) groups is 1. The molecule has 0 bridgehead atoms. The summed E-state index contributed by atoms with van der Waals surface area (Å²) in [5.41, 5.74) is 1.78. The largest absolute Gasteiger partial charge is 0.338 e. The molecule has 1 atom stereocenters. The number of nitrogens with one attached hydrogen (secondary N) is 1. The number of aromatic nitrogens is 2. The fourth-order valence-electron chi connectivity index (χ4n) is 3.93. The summed E-state index contributed by atoms with van der Waals surface area (Å²) in [6.07, 6.45) is 2.89. The quantitative estimate of drug-likeness (QED) is 0.608. The number of hydrogen-bond acceptors (Lipinski definition) is 5. The predicted molar refractivity (Wildman–Crippen MR) is 119 cm³/mol. The molecule has 3 heterocycles. The third kappa shape index (κ3) is 5.13. The zero-order valence-corrected chi connectivity index (χ0v) is 19.1. The second-order valence-corrected chi connectivity index (χ2v) is 10.9. The van der Waals surface area contributed by atoms with Gasteiger partial charge in [0.05, 0.1) is 23.4 Å². The maximum Gasteiger partial charge on any atom is 0.264 e. The van der Waals surface area contributed by atoms with E-state index in [1.807, 2.05) is 22.6 Å². The highest BCUT2D eigenvalue weighted by Crippen LogP contribution is 2.30. The first-order chi connectivity index (χ1) is 14.7. The first-order valence-corrected chi connectivity index (χ1v) is 12.9. The molecule has 1 amide bonds. The SMILES string of the molecule is Cc1nn(Cc2ccc(F)cc2)c2sc(C(=O)N3CCCC(CNS(C)(=O)=O)C3)cc12. The van der Waals surface area contributed by atoms with Gasteiger partial charge < -0.3 is 4.90 Å². The summed E-state index contributed by atoms with van der Waals surface area (Å²) in [6.45, 7) is 3.97. The highest BCUT2D eigenvalue weighted by Gasteiger charge is 2.27. The van der Waals surface area contributed by atoms with E-state index in [1.165, 1.54) is 23.5 Å². The van der Waals surface area contributed by atoms with E-state index in [-0.39, 0.29) is 17.6 Å². The molecule has 0 saturated carbocycles. The number of rotatable bonds is 6. The predicted octanol–water partition coefficient (Wildman–Crippen LogP) is 3.00. The Hall–Kier alpha value is -2.30. The number of piperidine rings is 1. The summed E-state index contributed by atoms with van der Waals surface area (Å²) in [6, 6.07) is 8.21. The summed E-state index contributed by atoms with van der Waals surface area (Å²) in [5.74, 6) is -0.198. The third-order valence-electron chi connectivity index (χ3n) is 5.50. The molecular weight excluding hydrogens is 439 g/mol. The van der Waals surface area contributed by atoms with Crippen LogP contribution in [0.15, 0.2) is 30.3 Å². The van der Waals surface area contributed by atoms with Crippen molar-refractivity contribution in [1.29, 1.82) is 0 Å². The standard InChI is InChI=1S/C21H25FN4O3S2/c1-14-18-10-19(20(27)25-9-3-4-16(12-25)11-23-31(2,28)29)30-21(18)26(24-14)13-15-5-7-17(22)8-6-15/h5-8,10,16,23H,3-4,9,11-13H2,1-2H3. The van der Waals surface area contributed by atoms with Crippen molar-refractivity contribution < 1.29 is 17.6 Å². The van der Waals surface area contributed by atoms with Crippen LogP contribution in [0, 0.1) is 18.7 Å². The lowest BCUT2D eigenvalue weighted by Crippen LogP contribution is -2.43. The van der Waals surface area contributed by atoms with Gasteiger partial charge in [0.25, 0.3) is 5.91 Å². The van der Waals surface area contributed by atoms with Gasteiger partial charge >= 0.3 is 0 Å². The molecule has 31 heavy (non-hydrogen) atoms. The Kier molecular flexibility index (Phi) is 6.14. The monoisotopic (exact) mass is 464 g/mol. The number of carbonyl (C=O) groups excluding carboxylic acids is 1. The number of thiophene rings is 1. The Morgan fingerprint density at radius 2 is 2.06 bits per heavy atom. The van der Waals surface area contributed by atoms with Gasteiger partial charge in [-0.1, -0.05) is 12.1 Å². The normalized spacial score (nSPS) is 17.4. The van der Waals surface area contributed by atoms with Crippen molar-refractivity contribution in [3.63, 3.8) is 0 Å². The molecule has 0 aliphatic carbocycles. The third-order valence-corrected chi connectivity index (χ3v) is 7.33. The van der Waals surface area contributed by atoms with Crippen LogP contribution in [0.25, 0.3) is 10.2 Å². The Labute approximate surface area is 184 Å². The smallest absolute Gasteiger partial charge is 0.264 e. The van der Waals surface area contributed by atoms with Gasteiger partial charge in [0, 0.05) is 25.0 Å². The molecular formula is C21H25FN4O3S2. The average Bonchev–Trinajstić information content (AvgIpc) is 3.29. The number of halogens is 1. The second kappa shape index (κ2) is 8.68. The van der Waals surface area contributed by atoms with Crippen LogP contribution in [0.2, 0.25) is 0 Å². The molecule has 2 aromatic heterocycles. The number of fused-ring (bicyclic) bond motifs is 1. The van der Waals surface area contributed by atoms with Crippen molar-refractivity contribution in [1.82, 2.24) is 19.4 Å². The topological polar surface area (TPSA) is 84.3 Å². The van der Waals surface area contributed by atoms with Gasteiger partial charge in [-0.05, 0) is 49.4 Å². The first kappa shape index (κ1) is 21.9. The molecule has 166 valence electrons. The van der Waals surface area contributed by atoms with Crippen LogP contribution in [0.3, 0.4) is 0 Å². The summed E-state index contributed by atoms with van der Waals surface area (Å²) >= 11 is 1.41. The Balaban J connectivity index is 1.51. The summed E-state index contributed by atoms with van der Waals surface area (Å²) in [5, 5.41) is 5.53. The van der Waals surface area contributed by atoms with E-state index in [1.54, 1.807) is 12.1 Å². The lowest BCUT2D eigenvalue weighted by Gasteiger charge is -2.32. The number of aryl methyl sites for hydroxylation is 1. The summed E-state index contributed by atoms with van der Waals surface area (Å²) in [4.78, 5) is 16.5. The van der Waals surface area contributed by atoms with Crippen LogP contribution in [-0.4, -0.2) is 54.9 Å². The summed E-state index contributed by atoms with van der Waals surface area (Å²) < 4.78 is 40.3. The molecule has 3 aromatic rings. The molecule has 1 saturated heterocycles. The van der Waals surface area contributed by atoms with Crippen molar-refractivity contribution >= 4 is 37.5 Å². The van der Waals surface area contributed by atoms with Crippen molar-refractivity contribution in [2.24, 2.45) is 5.92 Å². The zero-order chi connectivity index (χ0) is 22.2. The average molecular weight is 465 g/mol. The van der Waals surface area contributed by atoms with E-state index in [4.69, 9.17) is 0 Å². The minimum Gasteiger partial charge on any atom is -0.338 e. The maximum atomic E-state index is 13.2. The number of likely N-dealkylation sites (tertiary alicyclic amines) is 1. The van der Waals surface area contributed by atoms with Crippen molar-refractivity contribution in [2.45, 2.75) is 26.3 Å². The number of hydrogen-bond donors (Lipinski definition) is 1. The van der Waals surface area contributed by atoms with E-state index >= 15 is 0 Å². The van der Waals surface area contributed by atoms with Crippen LogP contribution in [0.4, 0.5) is 4.39 Å². The van der Waals surface area contributed by atoms with Crippen LogP contribution >= 0.6 is 11.3 Å². The first-order valence-electron chi connectivity index (χ1n) is 10.1. The highest BCUT2D eigenvalue weighted by atomic mass is 32.2. The van der Waals surface area contributed by atoms with Gasteiger partial charge in [0.1, 0.15) is 10.6 Å². The molecule has 1 N–H and O–H groups in total. The molecule has 4 rings (SSSR count). The highest BCUT2D eigenvalue weighted by molar-refractivity contribution is 7.88. The lowest BCUT2D eigenvalue weighted by molar-refractivity contribution is 0.0681. The van der Waals surface area contributed by atoms with E-state index < -0.39 is 10.0 Å². The Morgan fingerprint density at radius 3 is 2.77 bits per heavy atom. The molecule has 0 radical (unpaired) electrons. The Bertz CT molecular complexity index is 1200.